The quantitative estimate of drug-likeness (QED) is 0.829. The predicted octanol–water partition coefficient (Wildman–Crippen LogP) is 3.28. The van der Waals surface area contributed by atoms with Crippen LogP contribution in [0, 0.1) is 11.8 Å². The van der Waals surface area contributed by atoms with Crippen molar-refractivity contribution in [3.8, 4) is 0 Å². The van der Waals surface area contributed by atoms with Crippen molar-refractivity contribution in [3.05, 3.63) is 0 Å². The summed E-state index contributed by atoms with van der Waals surface area (Å²) in [6.45, 7) is 10.9. The highest BCUT2D eigenvalue weighted by Crippen LogP contribution is 2.30. The van der Waals surface area contributed by atoms with E-state index in [0.29, 0.717) is 0 Å². The summed E-state index contributed by atoms with van der Waals surface area (Å²) in [7, 11) is 0. The summed E-state index contributed by atoms with van der Waals surface area (Å²) in [5.41, 5.74) is 0. The smallest absolute Gasteiger partial charge is 0.0226 e. The van der Waals surface area contributed by atoms with Crippen LogP contribution in [0.2, 0.25) is 0 Å². The van der Waals surface area contributed by atoms with Crippen LogP contribution in [0.4, 0.5) is 0 Å². The standard InChI is InChI=1S/C16H32N2/c1-13(2)10-16-12-17-8-5-9-18(16)15-7-4-6-14(3)11-15/h13-17H,4-12H2,1-3H3. The highest BCUT2D eigenvalue weighted by Gasteiger charge is 2.30. The first-order valence-corrected chi connectivity index (χ1v) is 8.13. The van der Waals surface area contributed by atoms with E-state index in [9.17, 15) is 0 Å². The predicted molar refractivity (Wildman–Crippen MR) is 78.9 cm³/mol. The summed E-state index contributed by atoms with van der Waals surface area (Å²) in [4.78, 5) is 2.87. The summed E-state index contributed by atoms with van der Waals surface area (Å²) in [5.74, 6) is 1.76. The molecular weight excluding hydrogens is 220 g/mol. The average Bonchev–Trinajstić information content (AvgIpc) is 2.54. The first kappa shape index (κ1) is 14.3. The molecule has 0 radical (unpaired) electrons. The van der Waals surface area contributed by atoms with E-state index in [-0.39, 0.29) is 0 Å². The fraction of sp³-hybridized carbons (Fsp3) is 1.00. The van der Waals surface area contributed by atoms with Gasteiger partial charge in [-0.3, -0.25) is 4.90 Å². The van der Waals surface area contributed by atoms with Crippen LogP contribution < -0.4 is 5.32 Å². The zero-order valence-electron chi connectivity index (χ0n) is 12.6. The van der Waals surface area contributed by atoms with Crippen LogP contribution in [0.25, 0.3) is 0 Å². The second kappa shape index (κ2) is 6.91. The van der Waals surface area contributed by atoms with Crippen molar-refractivity contribution < 1.29 is 0 Å². The Morgan fingerprint density at radius 3 is 2.78 bits per heavy atom. The van der Waals surface area contributed by atoms with Crippen molar-refractivity contribution in [2.45, 2.75) is 71.4 Å². The fourth-order valence-electron chi connectivity index (χ4n) is 3.90. The molecule has 1 aliphatic carbocycles. The number of hydrogen-bond donors (Lipinski definition) is 1. The molecular formula is C16H32N2. The number of nitrogens with one attached hydrogen (secondary N) is 1. The molecule has 1 heterocycles. The number of nitrogens with zero attached hydrogens (tertiary/aromatic N) is 1. The molecule has 106 valence electrons. The average molecular weight is 252 g/mol. The third-order valence-electron chi connectivity index (χ3n) is 4.74. The van der Waals surface area contributed by atoms with Gasteiger partial charge in [0.1, 0.15) is 0 Å². The summed E-state index contributed by atoms with van der Waals surface area (Å²) in [5, 5.41) is 3.64. The van der Waals surface area contributed by atoms with E-state index in [1.54, 1.807) is 0 Å². The number of hydrogen-bond acceptors (Lipinski definition) is 2. The first-order chi connectivity index (χ1) is 8.66. The van der Waals surface area contributed by atoms with Gasteiger partial charge in [0.05, 0.1) is 0 Å². The summed E-state index contributed by atoms with van der Waals surface area (Å²) < 4.78 is 0. The maximum atomic E-state index is 3.64. The Morgan fingerprint density at radius 1 is 1.22 bits per heavy atom. The van der Waals surface area contributed by atoms with Crippen LogP contribution in [0.5, 0.6) is 0 Å². The molecule has 2 fully saturated rings. The number of rotatable bonds is 3. The van der Waals surface area contributed by atoms with Gasteiger partial charge in [-0.1, -0.05) is 33.6 Å². The Hall–Kier alpha value is -0.0800. The van der Waals surface area contributed by atoms with Crippen molar-refractivity contribution in [1.29, 1.82) is 0 Å². The van der Waals surface area contributed by atoms with Gasteiger partial charge in [0.25, 0.3) is 0 Å². The van der Waals surface area contributed by atoms with Gasteiger partial charge in [-0.15, -0.1) is 0 Å². The van der Waals surface area contributed by atoms with Gasteiger partial charge >= 0.3 is 0 Å². The van der Waals surface area contributed by atoms with E-state index in [2.05, 4.69) is 31.0 Å². The van der Waals surface area contributed by atoms with Gasteiger partial charge in [-0.2, -0.15) is 0 Å². The molecule has 0 amide bonds. The summed E-state index contributed by atoms with van der Waals surface area (Å²) >= 11 is 0. The van der Waals surface area contributed by atoms with Gasteiger partial charge in [-0.05, 0) is 50.6 Å². The minimum absolute atomic E-state index is 0.780. The van der Waals surface area contributed by atoms with E-state index in [0.717, 1.165) is 23.9 Å². The zero-order chi connectivity index (χ0) is 13.0. The first-order valence-electron chi connectivity index (χ1n) is 8.13. The Bertz CT molecular complexity index is 239. The highest BCUT2D eigenvalue weighted by molar-refractivity contribution is 4.87. The molecule has 2 aliphatic rings. The van der Waals surface area contributed by atoms with E-state index in [4.69, 9.17) is 0 Å². The molecule has 1 N–H and O–H groups in total. The molecule has 0 aromatic carbocycles. The molecule has 0 bridgehead atoms. The van der Waals surface area contributed by atoms with Crippen LogP contribution in [-0.2, 0) is 0 Å². The molecule has 1 saturated carbocycles. The lowest BCUT2D eigenvalue weighted by atomic mass is 9.85. The topological polar surface area (TPSA) is 15.3 Å². The van der Waals surface area contributed by atoms with E-state index < -0.39 is 0 Å². The van der Waals surface area contributed by atoms with Gasteiger partial charge in [0.15, 0.2) is 0 Å². The van der Waals surface area contributed by atoms with Crippen LogP contribution in [0.1, 0.15) is 59.3 Å². The maximum absolute atomic E-state index is 3.64. The molecule has 2 heteroatoms. The summed E-state index contributed by atoms with van der Waals surface area (Å²) in [6, 6.07) is 1.65. The second-order valence-corrected chi connectivity index (χ2v) is 7.00. The lowest BCUT2D eigenvalue weighted by Crippen LogP contribution is -2.48. The van der Waals surface area contributed by atoms with Crippen molar-refractivity contribution >= 4 is 0 Å². The maximum Gasteiger partial charge on any atom is 0.0226 e. The fourth-order valence-corrected chi connectivity index (χ4v) is 3.90. The molecule has 0 aromatic rings. The van der Waals surface area contributed by atoms with E-state index in [1.165, 1.54) is 58.2 Å². The van der Waals surface area contributed by atoms with Crippen LogP contribution in [0.3, 0.4) is 0 Å². The molecule has 18 heavy (non-hydrogen) atoms. The van der Waals surface area contributed by atoms with Crippen LogP contribution in [-0.4, -0.2) is 36.6 Å². The Kier molecular flexibility index (Phi) is 5.50. The summed E-state index contributed by atoms with van der Waals surface area (Å²) in [6.07, 6.45) is 8.48. The van der Waals surface area contributed by atoms with Gasteiger partial charge in [0, 0.05) is 18.6 Å². The van der Waals surface area contributed by atoms with Gasteiger partial charge < -0.3 is 5.32 Å². The Morgan fingerprint density at radius 2 is 2.06 bits per heavy atom. The molecule has 0 aromatic heterocycles. The Balaban J connectivity index is 1.99. The third-order valence-corrected chi connectivity index (χ3v) is 4.74. The molecule has 1 saturated heterocycles. The van der Waals surface area contributed by atoms with Gasteiger partial charge in [-0.25, -0.2) is 0 Å². The van der Waals surface area contributed by atoms with Crippen molar-refractivity contribution in [2.75, 3.05) is 19.6 Å². The molecule has 3 atom stereocenters. The van der Waals surface area contributed by atoms with Crippen molar-refractivity contribution in [1.82, 2.24) is 10.2 Å². The second-order valence-electron chi connectivity index (χ2n) is 7.00. The molecule has 3 unspecified atom stereocenters. The minimum Gasteiger partial charge on any atom is -0.315 e. The lowest BCUT2D eigenvalue weighted by Gasteiger charge is -2.41. The van der Waals surface area contributed by atoms with E-state index >= 15 is 0 Å². The van der Waals surface area contributed by atoms with Crippen LogP contribution in [0.15, 0.2) is 0 Å². The van der Waals surface area contributed by atoms with Gasteiger partial charge in [0.2, 0.25) is 0 Å². The lowest BCUT2D eigenvalue weighted by molar-refractivity contribution is 0.0855. The third kappa shape index (κ3) is 3.96. The molecule has 2 rings (SSSR count). The Labute approximate surface area is 114 Å². The minimum atomic E-state index is 0.780. The largest absolute Gasteiger partial charge is 0.315 e. The molecule has 2 nitrogen and oxygen atoms in total. The molecule has 0 spiro atoms. The van der Waals surface area contributed by atoms with Crippen LogP contribution >= 0.6 is 0 Å². The van der Waals surface area contributed by atoms with E-state index in [1.807, 2.05) is 0 Å². The molecule has 1 aliphatic heterocycles. The zero-order valence-corrected chi connectivity index (χ0v) is 12.6. The highest BCUT2D eigenvalue weighted by atomic mass is 15.2. The monoisotopic (exact) mass is 252 g/mol. The normalized spacial score (nSPS) is 35.7. The van der Waals surface area contributed by atoms with Crippen molar-refractivity contribution in [2.24, 2.45) is 11.8 Å². The van der Waals surface area contributed by atoms with Crippen molar-refractivity contribution in [3.63, 3.8) is 0 Å². The SMILES string of the molecule is CC(C)CC1CNCCCN1C1CCCC(C)C1.